The Balaban J connectivity index is 2.14. The quantitative estimate of drug-likeness (QED) is 0.606. The van der Waals surface area contributed by atoms with Gasteiger partial charge in [0.2, 0.25) is 0 Å². The Morgan fingerprint density at radius 2 is 2.00 bits per heavy atom. The topological polar surface area (TPSA) is 17.1 Å². The summed E-state index contributed by atoms with van der Waals surface area (Å²) in [6, 6.07) is 10.2. The summed E-state index contributed by atoms with van der Waals surface area (Å²) in [4.78, 5) is 11.6. The second-order valence-electron chi connectivity index (χ2n) is 3.28. The summed E-state index contributed by atoms with van der Waals surface area (Å²) in [6.45, 7) is 0. The normalized spacial score (nSPS) is 17.0. The molecular weight excluding hydrogens is 148 g/mol. The van der Waals surface area contributed by atoms with Crippen LogP contribution in [0.3, 0.4) is 0 Å². The van der Waals surface area contributed by atoms with Crippen molar-refractivity contribution < 1.29 is 4.79 Å². The van der Waals surface area contributed by atoms with Crippen molar-refractivity contribution in [3.05, 3.63) is 35.9 Å². The Morgan fingerprint density at radius 1 is 1.33 bits per heavy atom. The van der Waals surface area contributed by atoms with E-state index in [2.05, 4.69) is 6.07 Å². The molecule has 0 spiro atoms. The molecule has 0 amide bonds. The molecule has 0 unspecified atom stereocenters. The molecule has 1 aliphatic rings. The molecular formula is C11H11O. The third-order valence-electron chi connectivity index (χ3n) is 2.48. The lowest BCUT2D eigenvalue weighted by molar-refractivity contribution is 0.0855. The maximum absolute atomic E-state index is 11.6. The minimum Gasteiger partial charge on any atom is -0.294 e. The van der Waals surface area contributed by atoms with Gasteiger partial charge in [-0.15, -0.1) is 0 Å². The number of carbonyl (C=O) groups excluding carboxylic acids is 1. The fraction of sp³-hybridized carbons (Fsp3) is 0.364. The van der Waals surface area contributed by atoms with Gasteiger partial charge in [-0.05, 0) is 18.9 Å². The number of hydrogen-bond donors (Lipinski definition) is 0. The molecule has 0 heterocycles. The van der Waals surface area contributed by atoms with E-state index >= 15 is 0 Å². The van der Waals surface area contributed by atoms with Crippen molar-refractivity contribution in [1.29, 1.82) is 0 Å². The smallest absolute Gasteiger partial charge is 0.165 e. The van der Waals surface area contributed by atoms with Gasteiger partial charge in [-0.25, -0.2) is 0 Å². The molecule has 1 radical (unpaired) electrons. The molecule has 2 rings (SSSR count). The van der Waals surface area contributed by atoms with Gasteiger partial charge in [0, 0.05) is 11.5 Å². The van der Waals surface area contributed by atoms with Gasteiger partial charge in [0.05, 0.1) is 0 Å². The Bertz CT molecular complexity index is 272. The Labute approximate surface area is 72.4 Å². The van der Waals surface area contributed by atoms with Gasteiger partial charge in [-0.3, -0.25) is 4.79 Å². The van der Waals surface area contributed by atoms with Crippen molar-refractivity contribution in [2.75, 3.05) is 0 Å². The average molecular weight is 159 g/mol. The molecule has 0 N–H and O–H groups in total. The number of benzene rings is 1. The highest BCUT2D eigenvalue weighted by Gasteiger charge is 2.25. The summed E-state index contributed by atoms with van der Waals surface area (Å²) in [7, 11) is 0. The van der Waals surface area contributed by atoms with Crippen LogP contribution in [0, 0.1) is 12.0 Å². The van der Waals surface area contributed by atoms with Gasteiger partial charge in [-0.1, -0.05) is 30.7 Å². The Morgan fingerprint density at radius 3 is 2.50 bits per heavy atom. The van der Waals surface area contributed by atoms with E-state index in [9.17, 15) is 4.79 Å². The Hall–Kier alpha value is -1.11. The van der Waals surface area contributed by atoms with E-state index in [1.54, 1.807) is 12.1 Å². The average Bonchev–Trinajstić information content (AvgIpc) is 2.03. The van der Waals surface area contributed by atoms with Gasteiger partial charge in [-0.2, -0.15) is 0 Å². The van der Waals surface area contributed by atoms with E-state index in [0.717, 1.165) is 18.4 Å². The zero-order chi connectivity index (χ0) is 8.39. The van der Waals surface area contributed by atoms with Gasteiger partial charge in [0.1, 0.15) is 0 Å². The SMILES string of the molecule is O=C(c1cc[c]cc1)C1CCC1. The number of carbonyl (C=O) groups is 1. The predicted octanol–water partition coefficient (Wildman–Crippen LogP) is 2.47. The van der Waals surface area contributed by atoms with Crippen LogP contribution in [0.2, 0.25) is 0 Å². The van der Waals surface area contributed by atoms with Crippen LogP contribution >= 0.6 is 0 Å². The first-order chi connectivity index (χ1) is 5.88. The maximum atomic E-state index is 11.6. The van der Waals surface area contributed by atoms with Gasteiger partial charge >= 0.3 is 0 Å². The predicted molar refractivity (Wildman–Crippen MR) is 46.9 cm³/mol. The largest absolute Gasteiger partial charge is 0.294 e. The molecule has 0 atom stereocenters. The first-order valence-electron chi connectivity index (χ1n) is 4.38. The van der Waals surface area contributed by atoms with Crippen molar-refractivity contribution in [2.45, 2.75) is 19.3 Å². The molecule has 1 saturated carbocycles. The highest BCUT2D eigenvalue weighted by atomic mass is 16.1. The van der Waals surface area contributed by atoms with Crippen LogP contribution in [0.4, 0.5) is 0 Å². The van der Waals surface area contributed by atoms with E-state index in [0.29, 0.717) is 11.7 Å². The number of Topliss-reactive ketones (excluding diaryl/α,β-unsaturated/α-hetero) is 1. The molecule has 1 heteroatoms. The van der Waals surface area contributed by atoms with E-state index in [1.165, 1.54) is 6.42 Å². The molecule has 1 aromatic rings. The molecule has 1 aliphatic carbocycles. The number of rotatable bonds is 2. The summed E-state index contributed by atoms with van der Waals surface area (Å²) >= 11 is 0. The molecule has 1 nitrogen and oxygen atoms in total. The first kappa shape index (κ1) is 7.53. The fourth-order valence-electron chi connectivity index (χ4n) is 1.46. The van der Waals surface area contributed by atoms with Crippen LogP contribution in [0.15, 0.2) is 24.3 Å². The van der Waals surface area contributed by atoms with Crippen molar-refractivity contribution >= 4 is 5.78 Å². The van der Waals surface area contributed by atoms with Crippen LogP contribution in [-0.2, 0) is 0 Å². The zero-order valence-electron chi connectivity index (χ0n) is 6.92. The molecule has 0 aliphatic heterocycles. The summed E-state index contributed by atoms with van der Waals surface area (Å²) in [5.74, 6) is 0.627. The molecule has 0 aromatic heterocycles. The fourth-order valence-corrected chi connectivity index (χ4v) is 1.46. The second-order valence-corrected chi connectivity index (χ2v) is 3.28. The lowest BCUT2D eigenvalue weighted by Gasteiger charge is -2.23. The summed E-state index contributed by atoms with van der Waals surface area (Å²) in [5.41, 5.74) is 0.846. The Kier molecular flexibility index (Phi) is 1.94. The molecule has 0 saturated heterocycles. The first-order valence-corrected chi connectivity index (χ1v) is 4.38. The molecule has 12 heavy (non-hydrogen) atoms. The van der Waals surface area contributed by atoms with Crippen LogP contribution in [0.1, 0.15) is 29.6 Å². The summed E-state index contributed by atoms with van der Waals surface area (Å²) in [6.07, 6.45) is 3.38. The minimum absolute atomic E-state index is 0.312. The third-order valence-corrected chi connectivity index (χ3v) is 2.48. The molecule has 1 aromatic carbocycles. The van der Waals surface area contributed by atoms with E-state index in [1.807, 2.05) is 12.1 Å². The molecule has 61 valence electrons. The minimum atomic E-state index is 0.312. The van der Waals surface area contributed by atoms with Crippen molar-refractivity contribution in [3.63, 3.8) is 0 Å². The lowest BCUT2D eigenvalue weighted by atomic mass is 9.80. The second kappa shape index (κ2) is 3.10. The van der Waals surface area contributed by atoms with Gasteiger partial charge < -0.3 is 0 Å². The number of ketones is 1. The highest BCUT2D eigenvalue weighted by Crippen LogP contribution is 2.29. The van der Waals surface area contributed by atoms with E-state index in [4.69, 9.17) is 0 Å². The number of hydrogen-bond acceptors (Lipinski definition) is 1. The van der Waals surface area contributed by atoms with Crippen molar-refractivity contribution in [1.82, 2.24) is 0 Å². The van der Waals surface area contributed by atoms with E-state index in [-0.39, 0.29) is 0 Å². The monoisotopic (exact) mass is 159 g/mol. The van der Waals surface area contributed by atoms with Crippen LogP contribution in [0.5, 0.6) is 0 Å². The summed E-state index contributed by atoms with van der Waals surface area (Å²) in [5, 5.41) is 0. The lowest BCUT2D eigenvalue weighted by Crippen LogP contribution is -2.21. The van der Waals surface area contributed by atoms with Gasteiger partial charge in [0.15, 0.2) is 5.78 Å². The van der Waals surface area contributed by atoms with Crippen LogP contribution < -0.4 is 0 Å². The van der Waals surface area contributed by atoms with Crippen LogP contribution in [0.25, 0.3) is 0 Å². The standard InChI is InChI=1S/C11H11O/c12-11(10-7-4-8-10)9-5-2-1-3-6-9/h2-3,5-6,10H,4,7-8H2. The molecule has 0 bridgehead atoms. The van der Waals surface area contributed by atoms with Gasteiger partial charge in [0.25, 0.3) is 0 Å². The maximum Gasteiger partial charge on any atom is 0.165 e. The third kappa shape index (κ3) is 1.27. The highest BCUT2D eigenvalue weighted by molar-refractivity contribution is 5.98. The van der Waals surface area contributed by atoms with Crippen LogP contribution in [-0.4, -0.2) is 5.78 Å². The van der Waals surface area contributed by atoms with Crippen molar-refractivity contribution in [2.24, 2.45) is 5.92 Å². The molecule has 1 fully saturated rings. The van der Waals surface area contributed by atoms with E-state index < -0.39 is 0 Å². The summed E-state index contributed by atoms with van der Waals surface area (Å²) < 4.78 is 0. The zero-order valence-corrected chi connectivity index (χ0v) is 6.92. The van der Waals surface area contributed by atoms with Crippen molar-refractivity contribution in [3.8, 4) is 0 Å².